The van der Waals surface area contributed by atoms with Gasteiger partial charge in [-0.25, -0.2) is 9.37 Å². The summed E-state index contributed by atoms with van der Waals surface area (Å²) in [6, 6.07) is 5.87. The van der Waals surface area contributed by atoms with E-state index in [1.807, 2.05) is 0 Å². The number of halogens is 2. The first-order valence-electron chi connectivity index (χ1n) is 6.02. The Bertz CT molecular complexity index is 679. The van der Waals surface area contributed by atoms with Gasteiger partial charge in [0.05, 0.1) is 4.92 Å². The van der Waals surface area contributed by atoms with Crippen molar-refractivity contribution in [2.24, 2.45) is 0 Å². The highest BCUT2D eigenvalue weighted by Crippen LogP contribution is 2.29. The Kier molecular flexibility index (Phi) is 4.32. The molecule has 1 heterocycles. The van der Waals surface area contributed by atoms with Crippen LogP contribution in [-0.4, -0.2) is 21.9 Å². The van der Waals surface area contributed by atoms with Gasteiger partial charge in [-0.05, 0) is 36.2 Å². The highest BCUT2D eigenvalue weighted by atomic mass is 35.5. The fourth-order valence-corrected chi connectivity index (χ4v) is 2.14. The monoisotopic (exact) mass is 310 g/mol. The molecule has 0 radical (unpaired) electrons. The number of hydrogen-bond acceptors (Lipinski definition) is 5. The Labute approximate surface area is 125 Å². The average Bonchev–Trinajstić information content (AvgIpc) is 2.39. The van der Waals surface area contributed by atoms with Crippen LogP contribution < -0.4 is 4.90 Å². The Balaban J connectivity index is 2.36. The fourth-order valence-electron chi connectivity index (χ4n) is 1.94. The lowest BCUT2D eigenvalue weighted by Crippen LogP contribution is -2.20. The van der Waals surface area contributed by atoms with Crippen LogP contribution in [0.1, 0.15) is 11.3 Å². The van der Waals surface area contributed by atoms with Crippen LogP contribution in [0.5, 0.6) is 0 Å². The van der Waals surface area contributed by atoms with Crippen LogP contribution in [0, 0.1) is 22.9 Å². The van der Waals surface area contributed by atoms with Crippen LogP contribution in [0.2, 0.25) is 5.28 Å². The molecule has 0 saturated heterocycles. The average molecular weight is 311 g/mol. The lowest BCUT2D eigenvalue weighted by molar-refractivity contribution is -0.385. The number of hydrogen-bond donors (Lipinski definition) is 0. The third-order valence-corrected chi connectivity index (χ3v) is 3.06. The van der Waals surface area contributed by atoms with E-state index in [1.54, 1.807) is 24.1 Å². The van der Waals surface area contributed by atoms with Crippen molar-refractivity contribution < 1.29 is 9.31 Å². The molecule has 21 heavy (non-hydrogen) atoms. The first kappa shape index (κ1) is 15.1. The molecule has 1 aromatic heterocycles. The zero-order valence-corrected chi connectivity index (χ0v) is 12.1. The maximum absolute atomic E-state index is 12.9. The molecule has 0 N–H and O–H groups in total. The standard InChI is InChI=1S/C13H12ClFN4O2/c1-8-11(19(20)21)12(17-13(14)16-8)18(2)7-9-3-5-10(15)6-4-9/h3-6H,7H2,1-2H3. The van der Waals surface area contributed by atoms with Crippen LogP contribution >= 0.6 is 11.6 Å². The van der Waals surface area contributed by atoms with Crippen molar-refractivity contribution in [2.45, 2.75) is 13.5 Å². The molecule has 110 valence electrons. The SMILES string of the molecule is Cc1nc(Cl)nc(N(C)Cc2ccc(F)cc2)c1[N+](=O)[O-]. The fraction of sp³-hybridized carbons (Fsp3) is 0.231. The van der Waals surface area contributed by atoms with Crippen LogP contribution in [0.3, 0.4) is 0 Å². The number of rotatable bonds is 4. The molecular formula is C13H12ClFN4O2. The summed E-state index contributed by atoms with van der Waals surface area (Å²) in [5, 5.41) is 11.1. The Morgan fingerprint density at radius 1 is 1.33 bits per heavy atom. The lowest BCUT2D eigenvalue weighted by Gasteiger charge is -2.18. The summed E-state index contributed by atoms with van der Waals surface area (Å²) in [5.74, 6) is -0.213. The second-order valence-electron chi connectivity index (χ2n) is 4.49. The third-order valence-electron chi connectivity index (χ3n) is 2.89. The highest BCUT2D eigenvalue weighted by Gasteiger charge is 2.24. The highest BCUT2D eigenvalue weighted by molar-refractivity contribution is 6.28. The number of aryl methyl sites for hydroxylation is 1. The van der Waals surface area contributed by atoms with Crippen molar-refractivity contribution in [3.8, 4) is 0 Å². The van der Waals surface area contributed by atoms with Crippen molar-refractivity contribution >= 4 is 23.1 Å². The molecule has 0 saturated carbocycles. The first-order valence-corrected chi connectivity index (χ1v) is 6.40. The van der Waals surface area contributed by atoms with E-state index in [-0.39, 0.29) is 28.3 Å². The molecule has 2 aromatic rings. The van der Waals surface area contributed by atoms with Crippen LogP contribution in [0.25, 0.3) is 0 Å². The topological polar surface area (TPSA) is 72.2 Å². The zero-order valence-electron chi connectivity index (χ0n) is 11.4. The molecule has 0 unspecified atom stereocenters. The van der Waals surface area contributed by atoms with E-state index < -0.39 is 4.92 Å². The molecule has 0 spiro atoms. The van der Waals surface area contributed by atoms with Crippen molar-refractivity contribution in [1.82, 2.24) is 9.97 Å². The number of aromatic nitrogens is 2. The van der Waals surface area contributed by atoms with Crippen LogP contribution in [0.15, 0.2) is 24.3 Å². The van der Waals surface area contributed by atoms with E-state index in [2.05, 4.69) is 9.97 Å². The van der Waals surface area contributed by atoms with Crippen molar-refractivity contribution in [2.75, 3.05) is 11.9 Å². The van der Waals surface area contributed by atoms with Gasteiger partial charge in [0.25, 0.3) is 0 Å². The largest absolute Gasteiger partial charge is 0.349 e. The predicted octanol–water partition coefficient (Wildman–Crippen LogP) is 3.12. The van der Waals surface area contributed by atoms with E-state index in [9.17, 15) is 14.5 Å². The zero-order chi connectivity index (χ0) is 15.6. The maximum atomic E-state index is 12.9. The van der Waals surface area contributed by atoms with Gasteiger partial charge in [-0.1, -0.05) is 12.1 Å². The minimum Gasteiger partial charge on any atom is -0.349 e. The summed E-state index contributed by atoms with van der Waals surface area (Å²) in [7, 11) is 1.65. The van der Waals surface area contributed by atoms with Crippen LogP contribution in [-0.2, 0) is 6.54 Å². The summed E-state index contributed by atoms with van der Waals surface area (Å²) < 4.78 is 12.9. The van der Waals surface area contributed by atoms with Gasteiger partial charge in [0.2, 0.25) is 11.1 Å². The van der Waals surface area contributed by atoms with E-state index in [0.29, 0.717) is 6.54 Å². The van der Waals surface area contributed by atoms with E-state index in [0.717, 1.165) is 5.56 Å². The van der Waals surface area contributed by atoms with E-state index >= 15 is 0 Å². The van der Waals surface area contributed by atoms with Gasteiger partial charge < -0.3 is 4.90 Å². The molecule has 0 aliphatic rings. The van der Waals surface area contributed by atoms with Crippen LogP contribution in [0.4, 0.5) is 15.9 Å². The normalized spacial score (nSPS) is 10.5. The summed E-state index contributed by atoms with van der Waals surface area (Å²) in [4.78, 5) is 19.9. The summed E-state index contributed by atoms with van der Waals surface area (Å²) in [5.41, 5.74) is 0.797. The summed E-state index contributed by atoms with van der Waals surface area (Å²) >= 11 is 5.77. The second-order valence-corrected chi connectivity index (χ2v) is 4.83. The molecular weight excluding hydrogens is 299 g/mol. The molecule has 0 bridgehead atoms. The minimum atomic E-state index is -0.540. The Hall–Kier alpha value is -2.28. The maximum Gasteiger partial charge on any atom is 0.332 e. The van der Waals surface area contributed by atoms with Gasteiger partial charge in [0.1, 0.15) is 11.5 Å². The van der Waals surface area contributed by atoms with Gasteiger partial charge in [-0.2, -0.15) is 4.98 Å². The molecule has 0 aliphatic carbocycles. The minimum absolute atomic E-state index is 0.0564. The predicted molar refractivity (Wildman–Crippen MR) is 76.9 cm³/mol. The Morgan fingerprint density at radius 2 is 1.95 bits per heavy atom. The molecule has 1 aromatic carbocycles. The second kappa shape index (κ2) is 6.01. The first-order chi connectivity index (χ1) is 9.88. The summed E-state index contributed by atoms with van der Waals surface area (Å²) in [6.45, 7) is 1.83. The third kappa shape index (κ3) is 3.43. The molecule has 0 fully saturated rings. The van der Waals surface area contributed by atoms with E-state index in [1.165, 1.54) is 19.1 Å². The van der Waals surface area contributed by atoms with Crippen molar-refractivity contribution in [3.05, 3.63) is 56.7 Å². The lowest BCUT2D eigenvalue weighted by atomic mass is 10.2. The van der Waals surface area contributed by atoms with Gasteiger partial charge in [-0.15, -0.1) is 0 Å². The molecule has 2 rings (SSSR count). The Morgan fingerprint density at radius 3 is 2.52 bits per heavy atom. The van der Waals surface area contributed by atoms with Crippen molar-refractivity contribution in [3.63, 3.8) is 0 Å². The summed E-state index contributed by atoms with van der Waals surface area (Å²) in [6.07, 6.45) is 0. The molecule has 0 amide bonds. The number of benzene rings is 1. The smallest absolute Gasteiger partial charge is 0.332 e. The van der Waals surface area contributed by atoms with Gasteiger partial charge in [0.15, 0.2) is 0 Å². The van der Waals surface area contributed by atoms with Gasteiger partial charge in [0, 0.05) is 13.6 Å². The molecule has 6 nitrogen and oxygen atoms in total. The molecule has 0 aliphatic heterocycles. The number of nitro groups is 1. The quantitative estimate of drug-likeness (QED) is 0.493. The number of nitrogens with zero attached hydrogens (tertiary/aromatic N) is 4. The number of anilines is 1. The van der Waals surface area contributed by atoms with Gasteiger partial charge in [-0.3, -0.25) is 10.1 Å². The van der Waals surface area contributed by atoms with E-state index in [4.69, 9.17) is 11.6 Å². The van der Waals surface area contributed by atoms with Crippen molar-refractivity contribution in [1.29, 1.82) is 0 Å². The van der Waals surface area contributed by atoms with Gasteiger partial charge >= 0.3 is 5.69 Å². The molecule has 8 heteroatoms. The molecule has 0 atom stereocenters.